The van der Waals surface area contributed by atoms with Crippen molar-refractivity contribution in [3.8, 4) is 0 Å². The molecular formula is C12H18N2OS. The summed E-state index contributed by atoms with van der Waals surface area (Å²) >= 11 is 1.60. The topological polar surface area (TPSA) is 46.3 Å². The van der Waals surface area contributed by atoms with Gasteiger partial charge in [-0.3, -0.25) is 4.79 Å². The Bertz CT molecular complexity index is 327. The summed E-state index contributed by atoms with van der Waals surface area (Å²) in [5, 5.41) is -0.0219. The van der Waals surface area contributed by atoms with Crippen molar-refractivity contribution in [1.29, 1.82) is 0 Å². The van der Waals surface area contributed by atoms with E-state index in [1.54, 1.807) is 30.8 Å². The van der Waals surface area contributed by atoms with Crippen molar-refractivity contribution in [3.05, 3.63) is 30.3 Å². The second-order valence-corrected chi connectivity index (χ2v) is 5.11. The number of benzene rings is 1. The molecule has 3 nitrogen and oxygen atoms in total. The number of rotatable bonds is 5. The molecule has 0 fully saturated rings. The monoisotopic (exact) mass is 238 g/mol. The normalized spacial score (nSPS) is 12.2. The smallest absolute Gasteiger partial charge is 0.222 e. The van der Waals surface area contributed by atoms with Crippen LogP contribution in [0, 0.1) is 0 Å². The van der Waals surface area contributed by atoms with E-state index in [9.17, 15) is 4.79 Å². The Labute approximate surface area is 101 Å². The van der Waals surface area contributed by atoms with Crippen LogP contribution in [0.3, 0.4) is 0 Å². The summed E-state index contributed by atoms with van der Waals surface area (Å²) in [6, 6.07) is 10.0. The van der Waals surface area contributed by atoms with Crippen molar-refractivity contribution >= 4 is 17.7 Å². The Morgan fingerprint density at radius 2 is 2.00 bits per heavy atom. The van der Waals surface area contributed by atoms with Crippen LogP contribution in [-0.4, -0.2) is 30.3 Å². The molecule has 0 aliphatic heterocycles. The minimum absolute atomic E-state index is 0.0219. The minimum atomic E-state index is -0.0219. The van der Waals surface area contributed by atoms with Crippen LogP contribution in [0.2, 0.25) is 0 Å². The predicted molar refractivity (Wildman–Crippen MR) is 68.2 cm³/mol. The van der Waals surface area contributed by atoms with Crippen LogP contribution in [-0.2, 0) is 4.79 Å². The Balaban J connectivity index is 2.31. The van der Waals surface area contributed by atoms with Gasteiger partial charge in [0.25, 0.3) is 0 Å². The Kier molecular flexibility index (Phi) is 5.35. The molecule has 0 spiro atoms. The highest BCUT2D eigenvalue weighted by Gasteiger charge is 2.09. The van der Waals surface area contributed by atoms with Gasteiger partial charge in [-0.25, -0.2) is 0 Å². The van der Waals surface area contributed by atoms with Gasteiger partial charge in [0, 0.05) is 25.4 Å². The molecule has 1 aromatic carbocycles. The van der Waals surface area contributed by atoms with Crippen molar-refractivity contribution in [2.45, 2.75) is 23.1 Å². The molecule has 0 bridgehead atoms. The van der Waals surface area contributed by atoms with Crippen LogP contribution >= 0.6 is 11.8 Å². The predicted octanol–water partition coefficient (Wildman–Crippen LogP) is 1.93. The van der Waals surface area contributed by atoms with Gasteiger partial charge < -0.3 is 10.6 Å². The molecule has 1 unspecified atom stereocenters. The lowest BCUT2D eigenvalue weighted by molar-refractivity contribution is -0.128. The number of hydrogen-bond acceptors (Lipinski definition) is 3. The lowest BCUT2D eigenvalue weighted by Gasteiger charge is -2.13. The Hall–Kier alpha value is -1.00. The molecule has 0 aromatic heterocycles. The molecule has 0 aliphatic carbocycles. The lowest BCUT2D eigenvalue weighted by atomic mass is 10.3. The zero-order valence-electron chi connectivity index (χ0n) is 9.72. The maximum atomic E-state index is 11.4. The van der Waals surface area contributed by atoms with E-state index in [2.05, 4.69) is 0 Å². The standard InChI is InChI=1S/C12H18N2OS/c1-14(2)12(15)9-8-11(13)16-10-6-4-3-5-7-10/h3-7,11H,8-9,13H2,1-2H3. The van der Waals surface area contributed by atoms with Gasteiger partial charge in [-0.1, -0.05) is 18.2 Å². The van der Waals surface area contributed by atoms with Crippen molar-refractivity contribution in [2.75, 3.05) is 14.1 Å². The summed E-state index contributed by atoms with van der Waals surface area (Å²) in [5.41, 5.74) is 5.95. The van der Waals surface area contributed by atoms with Crippen LogP contribution in [0.4, 0.5) is 0 Å². The minimum Gasteiger partial charge on any atom is -0.349 e. The van der Waals surface area contributed by atoms with E-state index in [1.807, 2.05) is 30.3 Å². The van der Waals surface area contributed by atoms with Gasteiger partial charge in [0.05, 0.1) is 5.37 Å². The number of carbonyl (C=O) groups is 1. The van der Waals surface area contributed by atoms with E-state index in [4.69, 9.17) is 5.73 Å². The zero-order valence-corrected chi connectivity index (χ0v) is 10.5. The van der Waals surface area contributed by atoms with Crippen LogP contribution in [0.25, 0.3) is 0 Å². The molecule has 0 saturated heterocycles. The summed E-state index contributed by atoms with van der Waals surface area (Å²) < 4.78 is 0. The average Bonchev–Trinajstić information content (AvgIpc) is 2.27. The second-order valence-electron chi connectivity index (χ2n) is 3.80. The fourth-order valence-electron chi connectivity index (χ4n) is 1.22. The lowest BCUT2D eigenvalue weighted by Crippen LogP contribution is -2.24. The molecular weight excluding hydrogens is 220 g/mol. The molecule has 88 valence electrons. The van der Waals surface area contributed by atoms with E-state index in [-0.39, 0.29) is 11.3 Å². The number of nitrogens with two attached hydrogens (primary N) is 1. The quantitative estimate of drug-likeness (QED) is 0.630. The van der Waals surface area contributed by atoms with Crippen LogP contribution in [0.5, 0.6) is 0 Å². The van der Waals surface area contributed by atoms with E-state index in [1.165, 1.54) is 0 Å². The van der Waals surface area contributed by atoms with E-state index >= 15 is 0 Å². The maximum absolute atomic E-state index is 11.4. The van der Waals surface area contributed by atoms with E-state index in [0.717, 1.165) is 4.90 Å². The first-order chi connectivity index (χ1) is 7.59. The number of carbonyl (C=O) groups excluding carboxylic acids is 1. The van der Waals surface area contributed by atoms with Crippen LogP contribution < -0.4 is 5.73 Å². The molecule has 1 aromatic rings. The second kappa shape index (κ2) is 6.55. The fourth-order valence-corrected chi connectivity index (χ4v) is 2.12. The first-order valence-electron chi connectivity index (χ1n) is 5.27. The summed E-state index contributed by atoms with van der Waals surface area (Å²) in [6.07, 6.45) is 1.21. The van der Waals surface area contributed by atoms with Gasteiger partial charge >= 0.3 is 0 Å². The third kappa shape index (κ3) is 4.68. The highest BCUT2D eigenvalue weighted by molar-refractivity contribution is 7.99. The maximum Gasteiger partial charge on any atom is 0.222 e. The number of hydrogen-bond donors (Lipinski definition) is 1. The highest BCUT2D eigenvalue weighted by Crippen LogP contribution is 2.22. The number of nitrogens with zero attached hydrogens (tertiary/aromatic N) is 1. The first kappa shape index (κ1) is 13.1. The van der Waals surface area contributed by atoms with Gasteiger partial charge in [0.15, 0.2) is 0 Å². The summed E-state index contributed by atoms with van der Waals surface area (Å²) in [4.78, 5) is 14.1. The van der Waals surface area contributed by atoms with Crippen molar-refractivity contribution < 1.29 is 4.79 Å². The zero-order chi connectivity index (χ0) is 12.0. The number of thioether (sulfide) groups is 1. The molecule has 1 rings (SSSR count). The SMILES string of the molecule is CN(C)C(=O)CCC(N)Sc1ccccc1. The Morgan fingerprint density at radius 1 is 1.38 bits per heavy atom. The highest BCUT2D eigenvalue weighted by atomic mass is 32.2. The molecule has 0 heterocycles. The summed E-state index contributed by atoms with van der Waals surface area (Å²) in [5.74, 6) is 0.129. The van der Waals surface area contributed by atoms with E-state index in [0.29, 0.717) is 12.8 Å². The van der Waals surface area contributed by atoms with Crippen molar-refractivity contribution in [3.63, 3.8) is 0 Å². The molecule has 1 amide bonds. The van der Waals surface area contributed by atoms with Gasteiger partial charge in [-0.05, 0) is 18.6 Å². The molecule has 0 aliphatic rings. The van der Waals surface area contributed by atoms with Crippen molar-refractivity contribution in [2.24, 2.45) is 5.73 Å². The van der Waals surface area contributed by atoms with Gasteiger partial charge in [0.2, 0.25) is 5.91 Å². The Morgan fingerprint density at radius 3 is 2.56 bits per heavy atom. The van der Waals surface area contributed by atoms with Gasteiger partial charge in [-0.15, -0.1) is 11.8 Å². The average molecular weight is 238 g/mol. The van der Waals surface area contributed by atoms with Gasteiger partial charge in [0.1, 0.15) is 0 Å². The third-order valence-electron chi connectivity index (χ3n) is 2.17. The van der Waals surface area contributed by atoms with Crippen LogP contribution in [0.15, 0.2) is 35.2 Å². The molecule has 2 N–H and O–H groups in total. The van der Waals surface area contributed by atoms with E-state index < -0.39 is 0 Å². The number of amides is 1. The largest absolute Gasteiger partial charge is 0.349 e. The fraction of sp³-hybridized carbons (Fsp3) is 0.417. The van der Waals surface area contributed by atoms with Crippen LogP contribution in [0.1, 0.15) is 12.8 Å². The molecule has 0 radical (unpaired) electrons. The first-order valence-corrected chi connectivity index (χ1v) is 6.15. The molecule has 0 saturated carbocycles. The van der Waals surface area contributed by atoms with Gasteiger partial charge in [-0.2, -0.15) is 0 Å². The summed E-state index contributed by atoms with van der Waals surface area (Å²) in [6.45, 7) is 0. The molecule has 4 heteroatoms. The third-order valence-corrected chi connectivity index (χ3v) is 3.25. The van der Waals surface area contributed by atoms with Crippen molar-refractivity contribution in [1.82, 2.24) is 4.90 Å². The summed E-state index contributed by atoms with van der Waals surface area (Å²) in [7, 11) is 3.52. The molecule has 16 heavy (non-hydrogen) atoms. The molecule has 1 atom stereocenters.